The van der Waals surface area contributed by atoms with E-state index in [1.54, 1.807) is 0 Å². The molecule has 0 aliphatic heterocycles. The molecule has 0 saturated heterocycles. The van der Waals surface area contributed by atoms with Crippen LogP contribution in [-0.4, -0.2) is 38.1 Å². The summed E-state index contributed by atoms with van der Waals surface area (Å²) < 4.78 is 4.33. The van der Waals surface area contributed by atoms with Gasteiger partial charge in [0.15, 0.2) is 0 Å². The van der Waals surface area contributed by atoms with Gasteiger partial charge < -0.3 is 15.0 Å². The van der Waals surface area contributed by atoms with Gasteiger partial charge in [-0.2, -0.15) is 0 Å². The Morgan fingerprint density at radius 2 is 2.08 bits per heavy atom. The molecule has 0 radical (unpaired) electrons. The Bertz CT molecular complexity index is 201. The summed E-state index contributed by atoms with van der Waals surface area (Å²) >= 11 is 0. The van der Waals surface area contributed by atoms with E-state index >= 15 is 0 Å². The van der Waals surface area contributed by atoms with Crippen molar-refractivity contribution in [3.63, 3.8) is 0 Å². The largest absolute Gasteiger partial charge is 0.466 e. The Balaban J connectivity index is 3.98. The van der Waals surface area contributed by atoms with Crippen molar-refractivity contribution in [1.82, 2.24) is 10.2 Å². The number of rotatable bonds is 2. The Morgan fingerprint density at radius 1 is 1.50 bits per heavy atom. The maximum absolute atomic E-state index is 10.8. The third-order valence-electron chi connectivity index (χ3n) is 1.17. The predicted molar refractivity (Wildman–Crippen MR) is 43.4 cm³/mol. The average Bonchev–Trinajstić information content (AvgIpc) is 2.11. The quantitative estimate of drug-likeness (QED) is 0.469. The van der Waals surface area contributed by atoms with Crippen molar-refractivity contribution < 1.29 is 14.3 Å². The van der Waals surface area contributed by atoms with E-state index in [4.69, 9.17) is 0 Å². The van der Waals surface area contributed by atoms with E-state index in [2.05, 4.69) is 10.1 Å². The number of carbonyl (C=O) groups is 2. The second-order valence-electron chi connectivity index (χ2n) is 2.00. The molecule has 2 amide bonds. The van der Waals surface area contributed by atoms with Gasteiger partial charge in [0.1, 0.15) is 0 Å². The molecular formula is C7H12N2O3. The van der Waals surface area contributed by atoms with Crippen molar-refractivity contribution in [1.29, 1.82) is 0 Å². The van der Waals surface area contributed by atoms with Crippen molar-refractivity contribution in [2.24, 2.45) is 0 Å². The number of urea groups is 1. The lowest BCUT2D eigenvalue weighted by molar-refractivity contribution is -0.134. The molecule has 0 aromatic carbocycles. The van der Waals surface area contributed by atoms with Crippen LogP contribution >= 0.6 is 0 Å². The van der Waals surface area contributed by atoms with Crippen molar-refractivity contribution in [3.05, 3.63) is 12.3 Å². The van der Waals surface area contributed by atoms with Crippen LogP contribution in [0.3, 0.4) is 0 Å². The third kappa shape index (κ3) is 3.60. The Kier molecular flexibility index (Phi) is 4.52. The maximum atomic E-state index is 10.8. The number of carbonyl (C=O) groups excluding carboxylic acids is 2. The summed E-state index contributed by atoms with van der Waals surface area (Å²) in [5.41, 5.74) is 0. The van der Waals surface area contributed by atoms with Gasteiger partial charge in [0.05, 0.1) is 7.11 Å². The van der Waals surface area contributed by atoms with Gasteiger partial charge in [-0.3, -0.25) is 0 Å². The minimum absolute atomic E-state index is 0.296. The van der Waals surface area contributed by atoms with Gasteiger partial charge in [-0.05, 0) is 0 Å². The normalized spacial score (nSPS) is 9.58. The van der Waals surface area contributed by atoms with Crippen LogP contribution in [0.4, 0.5) is 4.79 Å². The molecule has 0 aromatic heterocycles. The lowest BCUT2D eigenvalue weighted by Gasteiger charge is -2.09. The van der Waals surface area contributed by atoms with Crippen LogP contribution in [0, 0.1) is 0 Å². The monoisotopic (exact) mass is 172 g/mol. The van der Waals surface area contributed by atoms with Gasteiger partial charge in [-0.15, -0.1) is 0 Å². The third-order valence-corrected chi connectivity index (χ3v) is 1.17. The summed E-state index contributed by atoms with van der Waals surface area (Å²) in [6.45, 7) is 0. The Morgan fingerprint density at radius 3 is 2.50 bits per heavy atom. The molecule has 0 saturated carbocycles. The van der Waals surface area contributed by atoms with Crippen molar-refractivity contribution in [3.8, 4) is 0 Å². The predicted octanol–water partition coefficient (Wildman–Crippen LogP) is -0.0557. The van der Waals surface area contributed by atoms with E-state index in [0.29, 0.717) is 0 Å². The smallest absolute Gasteiger partial charge is 0.331 e. The Labute approximate surface area is 71.0 Å². The van der Waals surface area contributed by atoms with Gasteiger partial charge in [0.25, 0.3) is 0 Å². The molecule has 0 bridgehead atoms. The minimum atomic E-state index is -0.495. The molecule has 68 valence electrons. The lowest BCUT2D eigenvalue weighted by Crippen LogP contribution is -2.30. The zero-order valence-electron chi connectivity index (χ0n) is 7.33. The molecule has 0 rings (SSSR count). The SMILES string of the molecule is CNC(=O)N(C)/C=C/C(=O)OC. The first-order valence-corrected chi connectivity index (χ1v) is 3.32. The molecule has 5 nitrogen and oxygen atoms in total. The van der Waals surface area contributed by atoms with E-state index in [1.165, 1.54) is 32.3 Å². The van der Waals surface area contributed by atoms with Crippen LogP contribution in [0.25, 0.3) is 0 Å². The molecule has 5 heteroatoms. The topological polar surface area (TPSA) is 58.6 Å². The van der Waals surface area contributed by atoms with Crippen LogP contribution in [0.5, 0.6) is 0 Å². The van der Waals surface area contributed by atoms with Gasteiger partial charge >= 0.3 is 12.0 Å². The average molecular weight is 172 g/mol. The molecule has 1 N–H and O–H groups in total. The van der Waals surface area contributed by atoms with Gasteiger partial charge in [0, 0.05) is 26.4 Å². The second-order valence-corrected chi connectivity index (χ2v) is 2.00. The molecule has 0 fully saturated rings. The van der Waals surface area contributed by atoms with Crippen LogP contribution in [0.15, 0.2) is 12.3 Å². The minimum Gasteiger partial charge on any atom is -0.466 e. The van der Waals surface area contributed by atoms with Gasteiger partial charge in [0.2, 0.25) is 0 Å². The highest BCUT2D eigenvalue weighted by Crippen LogP contribution is 1.86. The number of nitrogens with one attached hydrogen (secondary N) is 1. The first kappa shape index (κ1) is 10.5. The van der Waals surface area contributed by atoms with Gasteiger partial charge in [-0.25, -0.2) is 9.59 Å². The number of nitrogens with zero attached hydrogens (tertiary/aromatic N) is 1. The Hall–Kier alpha value is -1.52. The number of ether oxygens (including phenoxy) is 1. The van der Waals surface area contributed by atoms with Crippen LogP contribution in [0.1, 0.15) is 0 Å². The lowest BCUT2D eigenvalue weighted by atomic mass is 10.6. The fourth-order valence-corrected chi connectivity index (χ4v) is 0.485. The zero-order valence-corrected chi connectivity index (χ0v) is 7.33. The number of hydrogen-bond donors (Lipinski definition) is 1. The van der Waals surface area contributed by atoms with Gasteiger partial charge in [-0.1, -0.05) is 0 Å². The summed E-state index contributed by atoms with van der Waals surface area (Å²) in [6.07, 6.45) is 2.49. The summed E-state index contributed by atoms with van der Waals surface area (Å²) in [5, 5.41) is 2.39. The molecule has 0 spiro atoms. The van der Waals surface area contributed by atoms with Crippen molar-refractivity contribution >= 4 is 12.0 Å². The molecule has 0 aliphatic carbocycles. The number of methoxy groups -OCH3 is 1. The highest BCUT2D eigenvalue weighted by Gasteiger charge is 2.01. The molecule has 0 atom stereocenters. The van der Waals surface area contributed by atoms with E-state index in [0.717, 1.165) is 6.08 Å². The first-order chi connectivity index (χ1) is 5.61. The van der Waals surface area contributed by atoms with Crippen LogP contribution < -0.4 is 5.32 Å². The first-order valence-electron chi connectivity index (χ1n) is 3.32. The number of hydrogen-bond acceptors (Lipinski definition) is 3. The molecule has 0 aromatic rings. The molecule has 0 unspecified atom stereocenters. The standard InChI is InChI=1S/C7H12N2O3/c1-8-7(11)9(2)5-4-6(10)12-3/h4-5H,1-3H3,(H,8,11)/b5-4+. The molecular weight excluding hydrogens is 160 g/mol. The van der Waals surface area contributed by atoms with Crippen LogP contribution in [0.2, 0.25) is 0 Å². The number of amides is 2. The van der Waals surface area contributed by atoms with E-state index in [9.17, 15) is 9.59 Å². The van der Waals surface area contributed by atoms with E-state index in [1.807, 2.05) is 0 Å². The summed E-state index contributed by atoms with van der Waals surface area (Å²) in [4.78, 5) is 22.6. The second kappa shape index (κ2) is 5.17. The number of esters is 1. The molecule has 12 heavy (non-hydrogen) atoms. The molecule has 0 heterocycles. The summed E-state index contributed by atoms with van der Waals surface area (Å²) in [5.74, 6) is -0.495. The van der Waals surface area contributed by atoms with Crippen molar-refractivity contribution in [2.75, 3.05) is 21.2 Å². The van der Waals surface area contributed by atoms with E-state index < -0.39 is 5.97 Å². The summed E-state index contributed by atoms with van der Waals surface area (Å²) in [6, 6.07) is -0.296. The van der Waals surface area contributed by atoms with Crippen LogP contribution in [-0.2, 0) is 9.53 Å². The maximum Gasteiger partial charge on any atom is 0.331 e. The highest BCUT2D eigenvalue weighted by molar-refractivity contribution is 5.83. The molecule has 0 aliphatic rings. The zero-order chi connectivity index (χ0) is 9.56. The van der Waals surface area contributed by atoms with Crippen molar-refractivity contribution in [2.45, 2.75) is 0 Å². The fourth-order valence-electron chi connectivity index (χ4n) is 0.485. The highest BCUT2D eigenvalue weighted by atomic mass is 16.5. The fraction of sp³-hybridized carbons (Fsp3) is 0.429. The van der Waals surface area contributed by atoms with E-state index in [-0.39, 0.29) is 6.03 Å². The summed E-state index contributed by atoms with van der Waals surface area (Å²) in [7, 11) is 4.30.